The number of benzene rings is 2. The van der Waals surface area contributed by atoms with E-state index >= 15 is 0 Å². The molecule has 1 aromatic heterocycles. The third-order valence-electron chi connectivity index (χ3n) is 3.43. The summed E-state index contributed by atoms with van der Waals surface area (Å²) in [5, 5.41) is 4.07. The molecule has 26 heavy (non-hydrogen) atoms. The van der Waals surface area contributed by atoms with E-state index in [1.807, 2.05) is 12.1 Å². The quantitative estimate of drug-likeness (QED) is 0.294. The number of carbonyl (C=O) groups excluding carboxylic acids is 1. The summed E-state index contributed by atoms with van der Waals surface area (Å²) in [6.45, 7) is 0. The molecule has 0 saturated carbocycles. The standard InChI is InChI=1S/C19H11Cl3INO2/c20-14-3-1-2-13(19(14)22)17-8-5-12(26-17)6-9-18(25)24-16-7-4-11(23)10-15(16)21/h1-10H,(H,24,25). The second-order valence-electron chi connectivity index (χ2n) is 5.25. The van der Waals surface area contributed by atoms with Gasteiger partial charge in [-0.05, 0) is 71.1 Å². The lowest BCUT2D eigenvalue weighted by atomic mass is 10.2. The van der Waals surface area contributed by atoms with Crippen molar-refractivity contribution in [3.8, 4) is 11.3 Å². The van der Waals surface area contributed by atoms with E-state index in [1.54, 1.807) is 42.5 Å². The third-order valence-corrected chi connectivity index (χ3v) is 5.23. The van der Waals surface area contributed by atoms with Crippen LogP contribution in [0.3, 0.4) is 0 Å². The van der Waals surface area contributed by atoms with Crippen LogP contribution in [0.5, 0.6) is 0 Å². The second-order valence-corrected chi connectivity index (χ2v) is 7.69. The molecule has 1 heterocycles. The minimum atomic E-state index is -0.313. The van der Waals surface area contributed by atoms with E-state index in [2.05, 4.69) is 27.9 Å². The fourth-order valence-corrected chi connectivity index (χ4v) is 3.50. The van der Waals surface area contributed by atoms with Crippen LogP contribution >= 0.6 is 57.4 Å². The number of halogens is 4. The van der Waals surface area contributed by atoms with Crippen LogP contribution in [0.1, 0.15) is 5.76 Å². The first-order valence-electron chi connectivity index (χ1n) is 7.42. The van der Waals surface area contributed by atoms with Crippen LogP contribution in [0.4, 0.5) is 5.69 Å². The maximum Gasteiger partial charge on any atom is 0.248 e. The van der Waals surface area contributed by atoms with E-state index < -0.39 is 0 Å². The maximum absolute atomic E-state index is 12.1. The van der Waals surface area contributed by atoms with Crippen LogP contribution in [0, 0.1) is 3.57 Å². The minimum absolute atomic E-state index is 0.313. The molecule has 0 atom stereocenters. The maximum atomic E-state index is 12.1. The molecule has 1 amide bonds. The molecule has 3 rings (SSSR count). The highest BCUT2D eigenvalue weighted by molar-refractivity contribution is 14.1. The molecule has 3 nitrogen and oxygen atoms in total. The summed E-state index contributed by atoms with van der Waals surface area (Å²) in [7, 11) is 0. The Kier molecular flexibility index (Phi) is 6.29. The summed E-state index contributed by atoms with van der Waals surface area (Å²) in [6, 6.07) is 14.2. The normalized spacial score (nSPS) is 11.1. The predicted molar refractivity (Wildman–Crippen MR) is 116 cm³/mol. The lowest BCUT2D eigenvalue weighted by Gasteiger charge is -2.04. The van der Waals surface area contributed by atoms with E-state index in [0.29, 0.717) is 37.8 Å². The second kappa shape index (κ2) is 8.48. The average molecular weight is 519 g/mol. The summed E-state index contributed by atoms with van der Waals surface area (Å²) in [4.78, 5) is 12.1. The lowest BCUT2D eigenvalue weighted by molar-refractivity contribution is -0.111. The van der Waals surface area contributed by atoms with Crippen LogP contribution in [-0.4, -0.2) is 5.91 Å². The predicted octanol–water partition coefficient (Wildman–Crippen LogP) is 7.16. The Labute approximate surface area is 179 Å². The molecular weight excluding hydrogens is 507 g/mol. The molecule has 0 saturated heterocycles. The molecule has 132 valence electrons. The first-order valence-corrected chi connectivity index (χ1v) is 9.63. The number of hydrogen-bond donors (Lipinski definition) is 1. The van der Waals surface area contributed by atoms with Crippen molar-refractivity contribution in [2.24, 2.45) is 0 Å². The van der Waals surface area contributed by atoms with Gasteiger partial charge < -0.3 is 9.73 Å². The van der Waals surface area contributed by atoms with Gasteiger partial charge in [0.15, 0.2) is 0 Å². The van der Waals surface area contributed by atoms with Gasteiger partial charge in [0.1, 0.15) is 11.5 Å². The van der Waals surface area contributed by atoms with Crippen molar-refractivity contribution in [3.63, 3.8) is 0 Å². The Balaban J connectivity index is 1.72. The van der Waals surface area contributed by atoms with Gasteiger partial charge in [-0.25, -0.2) is 0 Å². The highest BCUT2D eigenvalue weighted by Crippen LogP contribution is 2.34. The summed E-state index contributed by atoms with van der Waals surface area (Å²) in [6.07, 6.45) is 2.94. The molecule has 0 spiro atoms. The zero-order chi connectivity index (χ0) is 18.7. The van der Waals surface area contributed by atoms with Gasteiger partial charge in [-0.2, -0.15) is 0 Å². The highest BCUT2D eigenvalue weighted by atomic mass is 127. The molecule has 7 heteroatoms. The van der Waals surface area contributed by atoms with Crippen molar-refractivity contribution in [1.82, 2.24) is 0 Å². The fourth-order valence-electron chi connectivity index (χ4n) is 2.20. The highest BCUT2D eigenvalue weighted by Gasteiger charge is 2.10. The van der Waals surface area contributed by atoms with Gasteiger partial charge in [0.05, 0.1) is 20.8 Å². The molecular formula is C19H11Cl3INO2. The fraction of sp³-hybridized carbons (Fsp3) is 0. The number of amides is 1. The Morgan fingerprint density at radius 3 is 2.62 bits per heavy atom. The molecule has 0 bridgehead atoms. The monoisotopic (exact) mass is 517 g/mol. The number of hydrogen-bond acceptors (Lipinski definition) is 2. The van der Waals surface area contributed by atoms with E-state index in [-0.39, 0.29) is 5.91 Å². The number of furan rings is 1. The minimum Gasteiger partial charge on any atom is -0.457 e. The molecule has 0 aliphatic rings. The SMILES string of the molecule is O=C(C=Cc1ccc(-c2cccc(Cl)c2Cl)o1)Nc1ccc(I)cc1Cl. The zero-order valence-electron chi connectivity index (χ0n) is 13.1. The molecule has 3 aromatic rings. The number of nitrogens with one attached hydrogen (secondary N) is 1. The van der Waals surface area contributed by atoms with Gasteiger partial charge in [0, 0.05) is 15.2 Å². The van der Waals surface area contributed by atoms with Crippen LogP contribution in [0.25, 0.3) is 17.4 Å². The summed E-state index contributed by atoms with van der Waals surface area (Å²) in [5.74, 6) is 0.769. The first kappa shape index (κ1) is 19.3. The number of carbonyl (C=O) groups is 1. The van der Waals surface area contributed by atoms with E-state index in [4.69, 9.17) is 39.2 Å². The van der Waals surface area contributed by atoms with Crippen LogP contribution in [0.15, 0.2) is 59.0 Å². The largest absolute Gasteiger partial charge is 0.457 e. The smallest absolute Gasteiger partial charge is 0.248 e. The molecule has 0 radical (unpaired) electrons. The molecule has 0 aliphatic carbocycles. The van der Waals surface area contributed by atoms with Crippen LogP contribution < -0.4 is 5.32 Å². The van der Waals surface area contributed by atoms with Gasteiger partial charge >= 0.3 is 0 Å². The Hall–Kier alpha value is -1.47. The summed E-state index contributed by atoms with van der Waals surface area (Å²) < 4.78 is 6.70. The van der Waals surface area contributed by atoms with E-state index in [9.17, 15) is 4.79 Å². The van der Waals surface area contributed by atoms with Crippen molar-refractivity contribution >= 4 is 75.1 Å². The van der Waals surface area contributed by atoms with Gasteiger partial charge in [-0.15, -0.1) is 0 Å². The summed E-state index contributed by atoms with van der Waals surface area (Å²) in [5.41, 5.74) is 1.24. The Morgan fingerprint density at radius 2 is 1.85 bits per heavy atom. The van der Waals surface area contributed by atoms with Gasteiger partial charge in [0.25, 0.3) is 0 Å². The first-order chi connectivity index (χ1) is 12.4. The topological polar surface area (TPSA) is 42.2 Å². The lowest BCUT2D eigenvalue weighted by Crippen LogP contribution is -2.08. The number of anilines is 1. The molecule has 0 aliphatic heterocycles. The van der Waals surface area contributed by atoms with Crippen molar-refractivity contribution in [3.05, 3.63) is 79.0 Å². The van der Waals surface area contributed by atoms with Crippen molar-refractivity contribution < 1.29 is 9.21 Å². The average Bonchev–Trinajstić information content (AvgIpc) is 3.07. The molecule has 1 N–H and O–H groups in total. The van der Waals surface area contributed by atoms with Crippen molar-refractivity contribution in [2.45, 2.75) is 0 Å². The molecule has 0 fully saturated rings. The van der Waals surface area contributed by atoms with Crippen LogP contribution in [0.2, 0.25) is 15.1 Å². The van der Waals surface area contributed by atoms with E-state index in [0.717, 1.165) is 3.57 Å². The van der Waals surface area contributed by atoms with E-state index in [1.165, 1.54) is 6.08 Å². The molecule has 0 unspecified atom stereocenters. The van der Waals surface area contributed by atoms with Crippen molar-refractivity contribution in [2.75, 3.05) is 5.32 Å². The zero-order valence-corrected chi connectivity index (χ0v) is 17.5. The number of rotatable bonds is 4. The van der Waals surface area contributed by atoms with Gasteiger partial charge in [-0.1, -0.05) is 40.9 Å². The summed E-state index contributed by atoms with van der Waals surface area (Å²) >= 11 is 20.5. The third kappa shape index (κ3) is 4.62. The van der Waals surface area contributed by atoms with Crippen molar-refractivity contribution in [1.29, 1.82) is 0 Å². The molecule has 2 aromatic carbocycles. The Bertz CT molecular complexity index is 998. The van der Waals surface area contributed by atoms with Crippen LogP contribution in [-0.2, 0) is 4.79 Å². The van der Waals surface area contributed by atoms with Gasteiger partial charge in [-0.3, -0.25) is 4.79 Å². The Morgan fingerprint density at radius 1 is 1.04 bits per heavy atom. The van der Waals surface area contributed by atoms with Gasteiger partial charge in [0.2, 0.25) is 5.91 Å².